The van der Waals surface area contributed by atoms with Crippen molar-refractivity contribution in [1.82, 2.24) is 15.3 Å². The summed E-state index contributed by atoms with van der Waals surface area (Å²) in [4.78, 5) is 31.6. The Hall–Kier alpha value is -2.71. The van der Waals surface area contributed by atoms with E-state index in [1.165, 1.54) is 25.6 Å². The quantitative estimate of drug-likeness (QED) is 0.572. The Balaban J connectivity index is 2.17. The molecule has 1 heterocycles. The van der Waals surface area contributed by atoms with Crippen LogP contribution in [0.2, 0.25) is 5.02 Å². The zero-order valence-electron chi connectivity index (χ0n) is 13.7. The number of esters is 1. The van der Waals surface area contributed by atoms with Gasteiger partial charge < -0.3 is 20.1 Å². The van der Waals surface area contributed by atoms with Crippen molar-refractivity contribution in [3.63, 3.8) is 0 Å². The molecule has 0 aliphatic carbocycles. The highest BCUT2D eigenvalue weighted by Gasteiger charge is 2.12. The van der Waals surface area contributed by atoms with Crippen LogP contribution >= 0.6 is 11.6 Å². The van der Waals surface area contributed by atoms with Crippen molar-refractivity contribution in [2.24, 2.45) is 0 Å². The molecule has 8 nitrogen and oxygen atoms in total. The molecule has 1 aromatic carbocycles. The van der Waals surface area contributed by atoms with Crippen LogP contribution in [0.5, 0.6) is 0 Å². The number of carbonyl (C=O) groups is 2. The molecule has 0 aliphatic rings. The van der Waals surface area contributed by atoms with Crippen LogP contribution in [0.15, 0.2) is 30.6 Å². The second-order valence-corrected chi connectivity index (χ2v) is 5.26. The number of methoxy groups -OCH3 is 2. The Morgan fingerprint density at radius 1 is 1.20 bits per heavy atom. The Morgan fingerprint density at radius 2 is 2.00 bits per heavy atom. The number of hydrogen-bond acceptors (Lipinski definition) is 7. The molecule has 0 unspecified atom stereocenters. The number of hydrogen-bond donors (Lipinski definition) is 2. The number of nitrogens with zero attached hydrogens (tertiary/aromatic N) is 2. The largest absolute Gasteiger partial charge is 0.465 e. The van der Waals surface area contributed by atoms with Crippen LogP contribution in [0.3, 0.4) is 0 Å². The first-order valence-electron chi connectivity index (χ1n) is 7.29. The standard InChI is InChI=1S/C16H17ClN4O4/c1-24-6-5-18-15(22)13-8-14(20-9-19-13)21-12-7-10(16(23)25-2)3-4-11(12)17/h3-4,7-9H,5-6H2,1-2H3,(H,18,22)(H,19,20,21). The lowest BCUT2D eigenvalue weighted by atomic mass is 10.2. The molecule has 2 N–H and O–H groups in total. The van der Waals surface area contributed by atoms with Gasteiger partial charge in [-0.1, -0.05) is 11.6 Å². The van der Waals surface area contributed by atoms with E-state index in [-0.39, 0.29) is 11.6 Å². The third-order valence-corrected chi connectivity index (χ3v) is 3.47. The molecule has 25 heavy (non-hydrogen) atoms. The van der Waals surface area contributed by atoms with Crippen molar-refractivity contribution in [3.05, 3.63) is 46.9 Å². The van der Waals surface area contributed by atoms with Crippen LogP contribution in [0.4, 0.5) is 11.5 Å². The number of halogens is 1. The van der Waals surface area contributed by atoms with E-state index in [4.69, 9.17) is 16.3 Å². The minimum atomic E-state index is -0.486. The van der Waals surface area contributed by atoms with Gasteiger partial charge in [0.25, 0.3) is 5.91 Å². The molecule has 1 aromatic heterocycles. The SMILES string of the molecule is COCCNC(=O)c1cc(Nc2cc(C(=O)OC)ccc2Cl)ncn1. The summed E-state index contributed by atoms with van der Waals surface area (Å²) in [6.45, 7) is 0.771. The molecule has 1 amide bonds. The van der Waals surface area contributed by atoms with Crippen molar-refractivity contribution >= 4 is 35.0 Å². The predicted octanol–water partition coefficient (Wildman–Crippen LogP) is 2.04. The van der Waals surface area contributed by atoms with Crippen LogP contribution < -0.4 is 10.6 Å². The molecule has 132 valence electrons. The first-order chi connectivity index (χ1) is 12.0. The third kappa shape index (κ3) is 5.13. The highest BCUT2D eigenvalue weighted by atomic mass is 35.5. The van der Waals surface area contributed by atoms with Gasteiger partial charge in [-0.3, -0.25) is 4.79 Å². The summed E-state index contributed by atoms with van der Waals surface area (Å²) in [5.41, 5.74) is 0.976. The fraction of sp³-hybridized carbons (Fsp3) is 0.250. The molecule has 0 spiro atoms. The van der Waals surface area contributed by atoms with Crippen molar-refractivity contribution < 1.29 is 19.1 Å². The third-order valence-electron chi connectivity index (χ3n) is 3.14. The van der Waals surface area contributed by atoms with Gasteiger partial charge in [-0.05, 0) is 18.2 Å². The van der Waals surface area contributed by atoms with Gasteiger partial charge in [0.1, 0.15) is 17.8 Å². The van der Waals surface area contributed by atoms with Gasteiger partial charge in [0.2, 0.25) is 0 Å². The molecule has 9 heteroatoms. The van der Waals surface area contributed by atoms with E-state index < -0.39 is 5.97 Å². The molecule has 0 aliphatic heterocycles. The predicted molar refractivity (Wildman–Crippen MR) is 92.3 cm³/mol. The van der Waals surface area contributed by atoms with E-state index in [0.717, 1.165) is 0 Å². The minimum Gasteiger partial charge on any atom is -0.465 e. The topological polar surface area (TPSA) is 102 Å². The van der Waals surface area contributed by atoms with Gasteiger partial charge >= 0.3 is 5.97 Å². The zero-order valence-corrected chi connectivity index (χ0v) is 14.5. The minimum absolute atomic E-state index is 0.189. The number of rotatable bonds is 7. The molecule has 2 aromatic rings. The lowest BCUT2D eigenvalue weighted by Gasteiger charge is -2.10. The first-order valence-corrected chi connectivity index (χ1v) is 7.67. The molecular formula is C16H17ClN4O4. The molecule has 2 rings (SSSR count). The van der Waals surface area contributed by atoms with E-state index in [1.807, 2.05) is 0 Å². The molecule has 0 atom stereocenters. The van der Waals surface area contributed by atoms with Gasteiger partial charge in [-0.2, -0.15) is 0 Å². The van der Waals surface area contributed by atoms with Crippen LogP contribution in [-0.2, 0) is 9.47 Å². The normalized spacial score (nSPS) is 10.2. The maximum Gasteiger partial charge on any atom is 0.337 e. The molecule has 0 bridgehead atoms. The second kappa shape index (κ2) is 8.95. The van der Waals surface area contributed by atoms with E-state index in [1.54, 1.807) is 19.2 Å². The smallest absolute Gasteiger partial charge is 0.337 e. The maximum absolute atomic E-state index is 12.0. The van der Waals surface area contributed by atoms with Crippen molar-refractivity contribution in [1.29, 1.82) is 0 Å². The van der Waals surface area contributed by atoms with E-state index in [0.29, 0.717) is 35.2 Å². The Kier molecular flexibility index (Phi) is 6.67. The number of amides is 1. The van der Waals surface area contributed by atoms with Gasteiger partial charge in [-0.15, -0.1) is 0 Å². The highest BCUT2D eigenvalue weighted by molar-refractivity contribution is 6.33. The fourth-order valence-electron chi connectivity index (χ4n) is 1.91. The summed E-state index contributed by atoms with van der Waals surface area (Å²) in [5, 5.41) is 6.01. The number of benzene rings is 1. The van der Waals surface area contributed by atoms with Crippen molar-refractivity contribution in [2.75, 3.05) is 32.7 Å². The Morgan fingerprint density at radius 3 is 2.72 bits per heavy atom. The van der Waals surface area contributed by atoms with Crippen LogP contribution in [0, 0.1) is 0 Å². The molecule has 0 saturated heterocycles. The van der Waals surface area contributed by atoms with Gasteiger partial charge in [0, 0.05) is 19.7 Å². The summed E-state index contributed by atoms with van der Waals surface area (Å²) in [6, 6.07) is 6.13. The van der Waals surface area contributed by atoms with Crippen LogP contribution in [0.25, 0.3) is 0 Å². The Bertz CT molecular complexity index is 770. The summed E-state index contributed by atoms with van der Waals surface area (Å²) < 4.78 is 9.55. The maximum atomic E-state index is 12.0. The number of aromatic nitrogens is 2. The van der Waals surface area contributed by atoms with Crippen molar-refractivity contribution in [2.45, 2.75) is 0 Å². The summed E-state index contributed by atoms with van der Waals surface area (Å²) in [7, 11) is 2.84. The lowest BCUT2D eigenvalue weighted by molar-refractivity contribution is 0.0600. The average Bonchev–Trinajstić information content (AvgIpc) is 2.63. The molecular weight excluding hydrogens is 348 g/mol. The van der Waals surface area contributed by atoms with Gasteiger partial charge in [-0.25, -0.2) is 14.8 Å². The summed E-state index contributed by atoms with van der Waals surface area (Å²) in [5.74, 6) is -0.478. The fourth-order valence-corrected chi connectivity index (χ4v) is 2.08. The second-order valence-electron chi connectivity index (χ2n) is 4.85. The van der Waals surface area contributed by atoms with E-state index in [9.17, 15) is 9.59 Å². The van der Waals surface area contributed by atoms with Crippen molar-refractivity contribution in [3.8, 4) is 0 Å². The Labute approximate surface area is 149 Å². The van der Waals surface area contributed by atoms with E-state index in [2.05, 4.69) is 25.3 Å². The molecule has 0 radical (unpaired) electrons. The van der Waals surface area contributed by atoms with Crippen LogP contribution in [-0.4, -0.2) is 49.2 Å². The number of anilines is 2. The average molecular weight is 365 g/mol. The summed E-state index contributed by atoms with van der Waals surface area (Å²) in [6.07, 6.45) is 1.26. The summed E-state index contributed by atoms with van der Waals surface area (Å²) >= 11 is 6.13. The monoisotopic (exact) mass is 364 g/mol. The van der Waals surface area contributed by atoms with Crippen LogP contribution in [0.1, 0.15) is 20.8 Å². The number of carbonyl (C=O) groups excluding carboxylic acids is 2. The first kappa shape index (κ1) is 18.6. The number of nitrogens with one attached hydrogen (secondary N) is 2. The lowest BCUT2D eigenvalue weighted by Crippen LogP contribution is -2.27. The van der Waals surface area contributed by atoms with Gasteiger partial charge in [0.05, 0.1) is 30.0 Å². The number of ether oxygens (including phenoxy) is 2. The highest BCUT2D eigenvalue weighted by Crippen LogP contribution is 2.26. The zero-order chi connectivity index (χ0) is 18.2. The molecule has 0 fully saturated rings. The van der Waals surface area contributed by atoms with Gasteiger partial charge in [0.15, 0.2) is 0 Å². The van der Waals surface area contributed by atoms with E-state index >= 15 is 0 Å². The molecule has 0 saturated carbocycles.